The summed E-state index contributed by atoms with van der Waals surface area (Å²) in [7, 11) is 4.08. The molecule has 2 N–H and O–H groups in total. The van der Waals surface area contributed by atoms with Crippen molar-refractivity contribution in [1.82, 2.24) is 9.80 Å². The van der Waals surface area contributed by atoms with Crippen LogP contribution in [0.2, 0.25) is 0 Å². The van der Waals surface area contributed by atoms with Gasteiger partial charge in [-0.1, -0.05) is 13.8 Å². The van der Waals surface area contributed by atoms with Crippen molar-refractivity contribution in [2.75, 3.05) is 27.2 Å². The second-order valence-corrected chi connectivity index (χ2v) is 5.00. The first kappa shape index (κ1) is 12.5. The van der Waals surface area contributed by atoms with Gasteiger partial charge in [0.25, 0.3) is 0 Å². The lowest BCUT2D eigenvalue weighted by atomic mass is 10.0. The Morgan fingerprint density at radius 2 is 2.13 bits per heavy atom. The summed E-state index contributed by atoms with van der Waals surface area (Å²) < 4.78 is 0. The number of rotatable bonds is 4. The van der Waals surface area contributed by atoms with Crippen molar-refractivity contribution in [3.63, 3.8) is 0 Å². The molecule has 1 aliphatic rings. The van der Waals surface area contributed by atoms with Crippen LogP contribution in [0.3, 0.4) is 0 Å². The number of hydrogen-bond donors (Lipinski definition) is 1. The Labute approximate surface area is 92.4 Å². The lowest BCUT2D eigenvalue weighted by Gasteiger charge is -2.33. The van der Waals surface area contributed by atoms with Crippen molar-refractivity contribution in [3.8, 4) is 0 Å². The fraction of sp³-hybridized carbons (Fsp3) is 0.909. The number of nitrogens with zero attached hydrogens (tertiary/aromatic N) is 2. The fourth-order valence-corrected chi connectivity index (χ4v) is 2.10. The van der Waals surface area contributed by atoms with E-state index >= 15 is 0 Å². The van der Waals surface area contributed by atoms with E-state index in [9.17, 15) is 4.79 Å². The summed E-state index contributed by atoms with van der Waals surface area (Å²) >= 11 is 0. The maximum atomic E-state index is 11.8. The van der Waals surface area contributed by atoms with Gasteiger partial charge in [0.2, 0.25) is 5.91 Å². The van der Waals surface area contributed by atoms with Crippen LogP contribution in [0, 0.1) is 5.92 Å². The Hall–Kier alpha value is -0.610. The molecule has 1 amide bonds. The van der Waals surface area contributed by atoms with Crippen LogP contribution in [0.4, 0.5) is 0 Å². The summed E-state index contributed by atoms with van der Waals surface area (Å²) in [6.45, 7) is 6.05. The quantitative estimate of drug-likeness (QED) is 0.722. The zero-order chi connectivity index (χ0) is 11.6. The normalized spacial score (nSPS) is 24.3. The summed E-state index contributed by atoms with van der Waals surface area (Å²) in [5.74, 6) is 0.595. The number of amides is 1. The van der Waals surface area contributed by atoms with E-state index < -0.39 is 0 Å². The minimum atomic E-state index is -0.270. The molecule has 1 rings (SSSR count). The van der Waals surface area contributed by atoms with Gasteiger partial charge in [-0.25, -0.2) is 0 Å². The molecule has 0 bridgehead atoms. The van der Waals surface area contributed by atoms with E-state index in [-0.39, 0.29) is 11.9 Å². The molecule has 0 aliphatic carbocycles. The number of hydrogen-bond acceptors (Lipinski definition) is 3. The molecule has 1 aliphatic heterocycles. The molecule has 0 aromatic heterocycles. The molecule has 2 atom stereocenters. The lowest BCUT2D eigenvalue weighted by molar-refractivity contribution is -0.131. The van der Waals surface area contributed by atoms with Gasteiger partial charge >= 0.3 is 0 Å². The molecule has 0 saturated carbocycles. The topological polar surface area (TPSA) is 49.6 Å². The van der Waals surface area contributed by atoms with Gasteiger partial charge in [-0.05, 0) is 26.4 Å². The molecule has 4 heteroatoms. The predicted octanol–water partition coefficient (Wildman–Crippen LogP) is 0.132. The maximum absolute atomic E-state index is 11.8. The molecule has 2 unspecified atom stereocenters. The molecule has 1 heterocycles. The third kappa shape index (κ3) is 2.92. The lowest BCUT2D eigenvalue weighted by Crippen LogP contribution is -2.48. The molecule has 0 radical (unpaired) electrons. The van der Waals surface area contributed by atoms with E-state index in [4.69, 9.17) is 5.73 Å². The van der Waals surface area contributed by atoms with Crippen LogP contribution in [0.5, 0.6) is 0 Å². The molecule has 4 nitrogen and oxygen atoms in total. The van der Waals surface area contributed by atoms with Crippen LogP contribution >= 0.6 is 0 Å². The zero-order valence-corrected chi connectivity index (χ0v) is 10.2. The van der Waals surface area contributed by atoms with Gasteiger partial charge < -0.3 is 15.5 Å². The molecule has 0 aromatic rings. The maximum Gasteiger partial charge on any atom is 0.239 e. The number of carbonyl (C=O) groups excluding carboxylic acids is 1. The average molecular weight is 213 g/mol. The first-order valence-corrected chi connectivity index (χ1v) is 5.64. The predicted molar refractivity (Wildman–Crippen MR) is 61.5 cm³/mol. The van der Waals surface area contributed by atoms with Crippen molar-refractivity contribution in [3.05, 3.63) is 0 Å². The van der Waals surface area contributed by atoms with E-state index in [0.717, 1.165) is 19.5 Å². The highest BCUT2D eigenvalue weighted by atomic mass is 16.2. The average Bonchev–Trinajstić information content (AvgIpc) is 2.44. The Balaban J connectivity index is 2.68. The fourth-order valence-electron chi connectivity index (χ4n) is 2.10. The minimum absolute atomic E-state index is 0.121. The van der Waals surface area contributed by atoms with Crippen molar-refractivity contribution in [2.45, 2.75) is 32.4 Å². The highest BCUT2D eigenvalue weighted by Crippen LogP contribution is 2.19. The van der Waals surface area contributed by atoms with E-state index in [1.165, 1.54) is 0 Å². The van der Waals surface area contributed by atoms with Gasteiger partial charge in [0.1, 0.15) is 0 Å². The minimum Gasteiger partial charge on any atom is -0.337 e. The molecule has 15 heavy (non-hydrogen) atoms. The van der Waals surface area contributed by atoms with Crippen LogP contribution < -0.4 is 5.73 Å². The van der Waals surface area contributed by atoms with Gasteiger partial charge in [-0.3, -0.25) is 4.79 Å². The summed E-state index contributed by atoms with van der Waals surface area (Å²) in [6, 6.07) is 0.0227. The standard InChI is InChI=1S/C11H23N3O/c1-8(2)10(7-13(3)4)14-6-5-9(12)11(14)15/h8-10H,5-7,12H2,1-4H3. The van der Waals surface area contributed by atoms with Gasteiger partial charge in [-0.2, -0.15) is 0 Å². The Bertz CT molecular complexity index is 228. The van der Waals surface area contributed by atoms with Crippen LogP contribution in [-0.4, -0.2) is 55.0 Å². The smallest absolute Gasteiger partial charge is 0.239 e. The third-order valence-corrected chi connectivity index (χ3v) is 3.00. The van der Waals surface area contributed by atoms with Crippen molar-refractivity contribution >= 4 is 5.91 Å². The third-order valence-electron chi connectivity index (χ3n) is 3.00. The van der Waals surface area contributed by atoms with Crippen molar-refractivity contribution in [1.29, 1.82) is 0 Å². The molecule has 1 fully saturated rings. The number of likely N-dealkylation sites (tertiary alicyclic amines) is 1. The molecule has 1 saturated heterocycles. The molecule has 0 aromatic carbocycles. The number of nitrogens with two attached hydrogens (primary N) is 1. The van der Waals surface area contributed by atoms with Gasteiger partial charge in [0, 0.05) is 19.1 Å². The Kier molecular flexibility index (Phi) is 4.11. The number of likely N-dealkylation sites (N-methyl/N-ethyl adjacent to an activating group) is 1. The molecular formula is C11H23N3O. The summed E-state index contributed by atoms with van der Waals surface area (Å²) in [5.41, 5.74) is 5.73. The summed E-state index contributed by atoms with van der Waals surface area (Å²) in [6.07, 6.45) is 0.801. The van der Waals surface area contributed by atoms with E-state index in [2.05, 4.69) is 18.7 Å². The zero-order valence-electron chi connectivity index (χ0n) is 10.2. The van der Waals surface area contributed by atoms with Crippen LogP contribution in [0.1, 0.15) is 20.3 Å². The Morgan fingerprint density at radius 1 is 1.53 bits per heavy atom. The highest BCUT2D eigenvalue weighted by molar-refractivity contribution is 5.84. The molecule has 0 spiro atoms. The summed E-state index contributed by atoms with van der Waals surface area (Å²) in [5, 5.41) is 0. The van der Waals surface area contributed by atoms with E-state index in [0.29, 0.717) is 12.0 Å². The van der Waals surface area contributed by atoms with Crippen LogP contribution in [-0.2, 0) is 4.79 Å². The van der Waals surface area contributed by atoms with Gasteiger partial charge in [-0.15, -0.1) is 0 Å². The molecular weight excluding hydrogens is 190 g/mol. The van der Waals surface area contributed by atoms with Crippen LogP contribution in [0.25, 0.3) is 0 Å². The van der Waals surface area contributed by atoms with Gasteiger partial charge in [0.15, 0.2) is 0 Å². The summed E-state index contributed by atoms with van der Waals surface area (Å²) in [4.78, 5) is 15.9. The van der Waals surface area contributed by atoms with Crippen LogP contribution in [0.15, 0.2) is 0 Å². The van der Waals surface area contributed by atoms with Crippen molar-refractivity contribution in [2.24, 2.45) is 11.7 Å². The first-order valence-electron chi connectivity index (χ1n) is 5.64. The second-order valence-electron chi connectivity index (χ2n) is 5.00. The highest BCUT2D eigenvalue weighted by Gasteiger charge is 2.34. The Morgan fingerprint density at radius 3 is 2.47 bits per heavy atom. The van der Waals surface area contributed by atoms with E-state index in [1.54, 1.807) is 0 Å². The largest absolute Gasteiger partial charge is 0.337 e. The van der Waals surface area contributed by atoms with Crippen molar-refractivity contribution < 1.29 is 4.79 Å². The van der Waals surface area contributed by atoms with Gasteiger partial charge in [0.05, 0.1) is 6.04 Å². The second kappa shape index (κ2) is 4.94. The monoisotopic (exact) mass is 213 g/mol. The van der Waals surface area contributed by atoms with E-state index in [1.807, 2.05) is 19.0 Å². The SMILES string of the molecule is CC(C)C(CN(C)C)N1CCC(N)C1=O. The first-order chi connectivity index (χ1) is 6.93. The number of carbonyl (C=O) groups is 1. The molecule has 88 valence electrons.